The van der Waals surface area contributed by atoms with Crippen LogP contribution in [0.5, 0.6) is 0 Å². The number of rotatable bonds is 3. The van der Waals surface area contributed by atoms with E-state index < -0.39 is 17.5 Å². The van der Waals surface area contributed by atoms with Crippen molar-refractivity contribution in [2.75, 3.05) is 0 Å². The first-order valence-corrected chi connectivity index (χ1v) is 5.55. The molecule has 0 saturated heterocycles. The number of nitrogens with two attached hydrogens (primary N) is 1. The minimum Gasteiger partial charge on any atom is -0.478 e. The fourth-order valence-electron chi connectivity index (χ4n) is 1.52. The second-order valence-corrected chi connectivity index (χ2v) is 4.85. The highest BCUT2D eigenvalue weighted by Gasteiger charge is 2.25. The van der Waals surface area contributed by atoms with E-state index in [1.165, 1.54) is 6.07 Å². The zero-order valence-corrected chi connectivity index (χ0v) is 10.7. The van der Waals surface area contributed by atoms with Crippen molar-refractivity contribution < 1.29 is 19.4 Å². The van der Waals surface area contributed by atoms with Gasteiger partial charge >= 0.3 is 11.9 Å². The largest absolute Gasteiger partial charge is 0.478 e. The molecule has 0 aromatic heterocycles. The molecule has 0 fully saturated rings. The van der Waals surface area contributed by atoms with E-state index >= 15 is 0 Å². The van der Waals surface area contributed by atoms with Crippen LogP contribution < -0.4 is 5.73 Å². The summed E-state index contributed by atoms with van der Waals surface area (Å²) in [5.41, 5.74) is 5.24. The van der Waals surface area contributed by atoms with Gasteiger partial charge in [-0.2, -0.15) is 0 Å². The van der Waals surface area contributed by atoms with Gasteiger partial charge in [0.15, 0.2) is 0 Å². The number of benzene rings is 1. The van der Waals surface area contributed by atoms with E-state index in [1.54, 1.807) is 32.9 Å². The average molecular weight is 251 g/mol. The highest BCUT2D eigenvalue weighted by atomic mass is 16.6. The van der Waals surface area contributed by atoms with Gasteiger partial charge in [-0.05, 0) is 32.4 Å². The topological polar surface area (TPSA) is 89.6 Å². The number of carbonyl (C=O) groups is 2. The monoisotopic (exact) mass is 251 g/mol. The molecule has 5 nitrogen and oxygen atoms in total. The summed E-state index contributed by atoms with van der Waals surface area (Å²) >= 11 is 0. The van der Waals surface area contributed by atoms with Crippen LogP contribution in [0, 0.1) is 0 Å². The number of ether oxygens (including phenoxy) is 1. The normalized spacial score (nSPS) is 11.1. The van der Waals surface area contributed by atoms with Crippen molar-refractivity contribution in [2.45, 2.75) is 32.9 Å². The molecular formula is C13H17NO4. The highest BCUT2D eigenvalue weighted by Crippen LogP contribution is 2.19. The fourth-order valence-corrected chi connectivity index (χ4v) is 1.52. The molecule has 5 heteroatoms. The molecule has 0 radical (unpaired) electrons. The van der Waals surface area contributed by atoms with Crippen LogP contribution in [0.3, 0.4) is 0 Å². The number of carboxylic acid groups (broad SMARTS) is 1. The van der Waals surface area contributed by atoms with Crippen molar-refractivity contribution in [3.8, 4) is 0 Å². The van der Waals surface area contributed by atoms with E-state index in [9.17, 15) is 9.59 Å². The summed E-state index contributed by atoms with van der Waals surface area (Å²) in [6.45, 7) is 5.24. The zero-order valence-electron chi connectivity index (χ0n) is 10.7. The first kappa shape index (κ1) is 14.2. The van der Waals surface area contributed by atoms with Crippen LogP contribution in [-0.2, 0) is 11.3 Å². The Bertz CT molecular complexity index is 474. The lowest BCUT2D eigenvalue weighted by molar-refractivity contribution is 0.00646. The van der Waals surface area contributed by atoms with E-state index in [0.29, 0.717) is 5.56 Å². The maximum Gasteiger partial charge on any atom is 0.339 e. The fraction of sp³-hybridized carbons (Fsp3) is 0.385. The van der Waals surface area contributed by atoms with Gasteiger partial charge in [-0.15, -0.1) is 0 Å². The molecule has 0 unspecified atom stereocenters. The standard InChI is InChI=1S/C13H17NO4/c1-13(2,3)18-12(17)10-8(7-14)5-4-6-9(10)11(15)16/h4-6H,7,14H2,1-3H3,(H,15,16). The van der Waals surface area contributed by atoms with Crippen LogP contribution >= 0.6 is 0 Å². The molecule has 0 aliphatic carbocycles. The number of hydrogen-bond acceptors (Lipinski definition) is 4. The van der Waals surface area contributed by atoms with Crippen molar-refractivity contribution in [2.24, 2.45) is 5.73 Å². The van der Waals surface area contributed by atoms with Crippen molar-refractivity contribution in [1.29, 1.82) is 0 Å². The first-order valence-electron chi connectivity index (χ1n) is 5.55. The second-order valence-electron chi connectivity index (χ2n) is 4.85. The molecule has 1 rings (SSSR count). The van der Waals surface area contributed by atoms with E-state index in [0.717, 1.165) is 0 Å². The predicted octanol–water partition coefficient (Wildman–Crippen LogP) is 1.80. The molecule has 1 aromatic rings. The molecule has 0 bridgehead atoms. The lowest BCUT2D eigenvalue weighted by Gasteiger charge is -2.21. The van der Waals surface area contributed by atoms with Crippen molar-refractivity contribution in [1.82, 2.24) is 0 Å². The van der Waals surface area contributed by atoms with Crippen LogP contribution in [0.25, 0.3) is 0 Å². The lowest BCUT2D eigenvalue weighted by Crippen LogP contribution is -2.26. The average Bonchev–Trinajstić information content (AvgIpc) is 2.25. The van der Waals surface area contributed by atoms with E-state index in [1.807, 2.05) is 0 Å². The summed E-state index contributed by atoms with van der Waals surface area (Å²) in [5.74, 6) is -1.84. The van der Waals surface area contributed by atoms with Crippen molar-refractivity contribution in [3.05, 3.63) is 34.9 Å². The third kappa shape index (κ3) is 3.30. The minimum absolute atomic E-state index is 0.0300. The minimum atomic E-state index is -1.17. The van der Waals surface area contributed by atoms with Crippen LogP contribution in [0.15, 0.2) is 18.2 Å². The number of carboxylic acids is 1. The van der Waals surface area contributed by atoms with Gasteiger partial charge in [0.1, 0.15) is 5.60 Å². The molecule has 1 aromatic carbocycles. The summed E-state index contributed by atoms with van der Waals surface area (Å²) in [4.78, 5) is 23.1. The number of aromatic carboxylic acids is 1. The Morgan fingerprint density at radius 1 is 1.33 bits per heavy atom. The highest BCUT2D eigenvalue weighted by molar-refractivity contribution is 6.03. The molecule has 0 amide bonds. The van der Waals surface area contributed by atoms with Crippen LogP contribution in [0.2, 0.25) is 0 Å². The summed E-state index contributed by atoms with van der Waals surface area (Å²) in [7, 11) is 0. The van der Waals surface area contributed by atoms with Crippen molar-refractivity contribution in [3.63, 3.8) is 0 Å². The summed E-state index contributed by atoms with van der Waals surface area (Å²) in [6.07, 6.45) is 0. The van der Waals surface area contributed by atoms with Gasteiger partial charge in [0.05, 0.1) is 11.1 Å². The Kier molecular flexibility index (Phi) is 4.08. The van der Waals surface area contributed by atoms with Gasteiger partial charge < -0.3 is 15.6 Å². The second kappa shape index (κ2) is 5.18. The molecule has 0 saturated carbocycles. The summed E-state index contributed by atoms with van der Waals surface area (Å²) in [6, 6.07) is 4.53. The SMILES string of the molecule is CC(C)(C)OC(=O)c1c(CN)cccc1C(=O)O. The van der Waals surface area contributed by atoms with Crippen LogP contribution in [0.1, 0.15) is 47.1 Å². The molecule has 0 aliphatic heterocycles. The smallest absolute Gasteiger partial charge is 0.339 e. The number of hydrogen-bond donors (Lipinski definition) is 2. The van der Waals surface area contributed by atoms with E-state index in [-0.39, 0.29) is 17.7 Å². The molecule has 0 heterocycles. The molecular weight excluding hydrogens is 234 g/mol. The van der Waals surface area contributed by atoms with Crippen LogP contribution in [-0.4, -0.2) is 22.6 Å². The van der Waals surface area contributed by atoms with Gasteiger partial charge in [-0.1, -0.05) is 12.1 Å². The quantitative estimate of drug-likeness (QED) is 0.799. The Morgan fingerprint density at radius 3 is 2.39 bits per heavy atom. The third-order valence-corrected chi connectivity index (χ3v) is 2.20. The molecule has 18 heavy (non-hydrogen) atoms. The summed E-state index contributed by atoms with van der Waals surface area (Å²) in [5, 5.41) is 9.08. The maximum atomic E-state index is 12.0. The van der Waals surface area contributed by atoms with Gasteiger partial charge in [-0.3, -0.25) is 0 Å². The van der Waals surface area contributed by atoms with E-state index in [2.05, 4.69) is 0 Å². The maximum absolute atomic E-state index is 12.0. The predicted molar refractivity (Wildman–Crippen MR) is 66.5 cm³/mol. The molecule has 0 spiro atoms. The van der Waals surface area contributed by atoms with Crippen molar-refractivity contribution >= 4 is 11.9 Å². The van der Waals surface area contributed by atoms with Crippen LogP contribution in [0.4, 0.5) is 0 Å². The number of esters is 1. The van der Waals surface area contributed by atoms with Gasteiger partial charge in [0.2, 0.25) is 0 Å². The van der Waals surface area contributed by atoms with Gasteiger partial charge in [0, 0.05) is 6.54 Å². The molecule has 3 N–H and O–H groups in total. The Hall–Kier alpha value is -1.88. The molecule has 98 valence electrons. The first-order chi connectivity index (χ1) is 8.26. The zero-order chi connectivity index (χ0) is 13.9. The van der Waals surface area contributed by atoms with Gasteiger partial charge in [0.25, 0.3) is 0 Å². The Morgan fingerprint density at radius 2 is 1.94 bits per heavy atom. The summed E-state index contributed by atoms with van der Waals surface area (Å²) < 4.78 is 5.20. The molecule has 0 atom stereocenters. The molecule has 0 aliphatic rings. The lowest BCUT2D eigenvalue weighted by atomic mass is 10.0. The number of carbonyl (C=O) groups excluding carboxylic acids is 1. The third-order valence-electron chi connectivity index (χ3n) is 2.20. The Balaban J connectivity index is 3.28. The Labute approximate surface area is 106 Å². The van der Waals surface area contributed by atoms with E-state index in [4.69, 9.17) is 15.6 Å². The van der Waals surface area contributed by atoms with Gasteiger partial charge in [-0.25, -0.2) is 9.59 Å².